The Bertz CT molecular complexity index is 668. The molecule has 1 aliphatic heterocycles. The van der Waals surface area contributed by atoms with E-state index >= 15 is 0 Å². The van der Waals surface area contributed by atoms with E-state index in [9.17, 15) is 16.8 Å². The number of hydrogen-bond donors (Lipinski definition) is 2. The van der Waals surface area contributed by atoms with Crippen LogP contribution in [0.25, 0.3) is 0 Å². The first-order valence-corrected chi connectivity index (χ1v) is 10.2. The van der Waals surface area contributed by atoms with Gasteiger partial charge in [0.2, 0.25) is 10.0 Å². The fourth-order valence-corrected chi connectivity index (χ4v) is 4.62. The molecule has 7 nitrogen and oxygen atoms in total. The van der Waals surface area contributed by atoms with Crippen molar-refractivity contribution in [1.29, 1.82) is 0 Å². The van der Waals surface area contributed by atoms with E-state index in [0.29, 0.717) is 13.1 Å². The molecule has 2 rings (SSSR count). The summed E-state index contributed by atoms with van der Waals surface area (Å²) in [7, 11) is -7.08. The third-order valence-corrected chi connectivity index (χ3v) is 6.40. The summed E-state index contributed by atoms with van der Waals surface area (Å²) < 4.78 is 53.6. The minimum Gasteiger partial charge on any atom is -0.212 e. The predicted octanol–water partition coefficient (Wildman–Crippen LogP) is 0.0362. The Morgan fingerprint density at radius 3 is 2.23 bits per heavy atom. The first-order valence-electron chi connectivity index (χ1n) is 7.15. The summed E-state index contributed by atoms with van der Waals surface area (Å²) in [5, 5.41) is 0. The number of sulfonamides is 1. The van der Waals surface area contributed by atoms with Crippen LogP contribution in [0.4, 0.5) is 0 Å². The van der Waals surface area contributed by atoms with Gasteiger partial charge in [-0.05, 0) is 18.4 Å². The minimum absolute atomic E-state index is 0.136. The van der Waals surface area contributed by atoms with Gasteiger partial charge in [0.15, 0.2) is 0 Å². The maximum atomic E-state index is 12.0. The third-order valence-electron chi connectivity index (χ3n) is 3.42. The normalized spacial score (nSPS) is 16.9. The van der Waals surface area contributed by atoms with Gasteiger partial charge in [-0.15, -0.1) is 0 Å². The molecule has 2 N–H and O–H groups in total. The van der Waals surface area contributed by atoms with E-state index in [1.165, 1.54) is 4.31 Å². The highest BCUT2D eigenvalue weighted by atomic mass is 32.2. The second-order valence-corrected chi connectivity index (χ2v) is 8.80. The van der Waals surface area contributed by atoms with Crippen LogP contribution in [0.2, 0.25) is 0 Å². The Kier molecular flexibility index (Phi) is 5.93. The molecule has 124 valence electrons. The number of nitrogens with one attached hydrogen (secondary N) is 2. The Labute approximate surface area is 131 Å². The Morgan fingerprint density at radius 2 is 1.59 bits per heavy atom. The van der Waals surface area contributed by atoms with Crippen LogP contribution in [0.15, 0.2) is 30.3 Å². The molecule has 1 aromatic carbocycles. The molecule has 1 heterocycles. The van der Waals surface area contributed by atoms with Gasteiger partial charge in [0.25, 0.3) is 10.2 Å². The lowest BCUT2D eigenvalue weighted by Crippen LogP contribution is -2.40. The van der Waals surface area contributed by atoms with Gasteiger partial charge >= 0.3 is 0 Å². The van der Waals surface area contributed by atoms with Gasteiger partial charge in [0, 0.05) is 26.2 Å². The topological polar surface area (TPSA) is 95.6 Å². The summed E-state index contributed by atoms with van der Waals surface area (Å²) >= 11 is 0. The molecule has 1 saturated heterocycles. The van der Waals surface area contributed by atoms with Gasteiger partial charge in [-0.2, -0.15) is 13.1 Å². The van der Waals surface area contributed by atoms with E-state index in [1.54, 1.807) is 12.1 Å². The van der Waals surface area contributed by atoms with Crippen molar-refractivity contribution in [2.45, 2.75) is 19.4 Å². The maximum Gasteiger partial charge on any atom is 0.277 e. The van der Waals surface area contributed by atoms with E-state index in [4.69, 9.17) is 0 Å². The quantitative estimate of drug-likeness (QED) is 0.694. The average Bonchev–Trinajstić information content (AvgIpc) is 3.01. The van der Waals surface area contributed by atoms with Crippen molar-refractivity contribution in [3.8, 4) is 0 Å². The van der Waals surface area contributed by atoms with Crippen LogP contribution >= 0.6 is 0 Å². The van der Waals surface area contributed by atoms with Gasteiger partial charge in [-0.25, -0.2) is 17.4 Å². The molecule has 1 aromatic rings. The predicted molar refractivity (Wildman–Crippen MR) is 84.8 cm³/mol. The third kappa shape index (κ3) is 5.33. The monoisotopic (exact) mass is 347 g/mol. The Hall–Kier alpha value is -1.00. The minimum atomic E-state index is -3.71. The number of nitrogens with zero attached hydrogens (tertiary/aromatic N) is 1. The summed E-state index contributed by atoms with van der Waals surface area (Å²) in [6, 6.07) is 9.10. The van der Waals surface area contributed by atoms with Crippen LogP contribution in [0.1, 0.15) is 18.4 Å². The van der Waals surface area contributed by atoms with E-state index in [-0.39, 0.29) is 18.8 Å². The summed E-state index contributed by atoms with van der Waals surface area (Å²) in [6.07, 6.45) is 1.73. The molecule has 9 heteroatoms. The van der Waals surface area contributed by atoms with E-state index in [2.05, 4.69) is 9.44 Å². The van der Waals surface area contributed by atoms with Crippen molar-refractivity contribution in [2.75, 3.05) is 25.4 Å². The highest BCUT2D eigenvalue weighted by Crippen LogP contribution is 2.12. The highest BCUT2D eigenvalue weighted by molar-refractivity contribution is 7.89. The zero-order valence-electron chi connectivity index (χ0n) is 12.2. The highest BCUT2D eigenvalue weighted by Gasteiger charge is 2.25. The number of benzene rings is 1. The molecular formula is C13H21N3O4S2. The lowest BCUT2D eigenvalue weighted by Gasteiger charge is -2.15. The van der Waals surface area contributed by atoms with E-state index in [1.807, 2.05) is 18.2 Å². The summed E-state index contributed by atoms with van der Waals surface area (Å²) in [5.41, 5.74) is 0.831. The van der Waals surface area contributed by atoms with Crippen molar-refractivity contribution in [3.05, 3.63) is 35.9 Å². The Morgan fingerprint density at radius 1 is 0.955 bits per heavy atom. The molecule has 0 bridgehead atoms. The molecular weight excluding hydrogens is 326 g/mol. The molecule has 0 radical (unpaired) electrons. The number of hydrogen-bond acceptors (Lipinski definition) is 4. The van der Waals surface area contributed by atoms with Gasteiger partial charge in [0.05, 0.1) is 5.75 Å². The van der Waals surface area contributed by atoms with Crippen molar-refractivity contribution >= 4 is 20.2 Å². The van der Waals surface area contributed by atoms with Crippen molar-refractivity contribution in [1.82, 2.24) is 13.7 Å². The average molecular weight is 347 g/mol. The summed E-state index contributed by atoms with van der Waals surface area (Å²) in [6.45, 7) is 1.08. The van der Waals surface area contributed by atoms with Crippen LogP contribution in [0.5, 0.6) is 0 Å². The summed E-state index contributed by atoms with van der Waals surface area (Å²) in [4.78, 5) is 0. The lowest BCUT2D eigenvalue weighted by molar-refractivity contribution is 0.477. The fourth-order valence-electron chi connectivity index (χ4n) is 2.23. The molecule has 1 aliphatic rings. The zero-order chi connectivity index (χ0) is 16.1. The van der Waals surface area contributed by atoms with Crippen molar-refractivity contribution in [3.63, 3.8) is 0 Å². The fraction of sp³-hybridized carbons (Fsp3) is 0.538. The van der Waals surface area contributed by atoms with Gasteiger partial charge in [-0.1, -0.05) is 30.3 Å². The number of rotatable bonds is 8. The van der Waals surface area contributed by atoms with Crippen molar-refractivity contribution in [2.24, 2.45) is 0 Å². The molecule has 0 saturated carbocycles. The van der Waals surface area contributed by atoms with Crippen LogP contribution in [0.3, 0.4) is 0 Å². The van der Waals surface area contributed by atoms with Gasteiger partial charge in [0.1, 0.15) is 0 Å². The first kappa shape index (κ1) is 17.4. The van der Waals surface area contributed by atoms with Crippen molar-refractivity contribution < 1.29 is 16.8 Å². The molecule has 0 atom stereocenters. The largest absolute Gasteiger partial charge is 0.277 e. The van der Waals surface area contributed by atoms with Crippen LogP contribution < -0.4 is 9.44 Å². The first-order chi connectivity index (χ1) is 10.4. The summed E-state index contributed by atoms with van der Waals surface area (Å²) in [5.74, 6) is -0.223. The molecule has 0 amide bonds. The standard InChI is InChI=1S/C13H21N3O4S2/c17-21(18,16-9-4-5-10-16)11-8-14-22(19,20)15-12-13-6-2-1-3-7-13/h1-3,6-7,14-15H,4-5,8-12H2. The molecule has 0 aliphatic carbocycles. The van der Waals surface area contributed by atoms with Gasteiger partial charge < -0.3 is 0 Å². The van der Waals surface area contributed by atoms with Crippen LogP contribution in [0, 0.1) is 0 Å². The Balaban J connectivity index is 1.77. The molecule has 0 spiro atoms. The van der Waals surface area contributed by atoms with E-state index < -0.39 is 20.2 Å². The van der Waals surface area contributed by atoms with Crippen LogP contribution in [-0.2, 0) is 26.8 Å². The molecule has 0 unspecified atom stereocenters. The maximum absolute atomic E-state index is 12.0. The SMILES string of the molecule is O=S(=O)(NCCS(=O)(=O)N1CCCC1)NCc1ccccc1. The zero-order valence-corrected chi connectivity index (χ0v) is 13.9. The smallest absolute Gasteiger partial charge is 0.212 e. The molecule has 22 heavy (non-hydrogen) atoms. The lowest BCUT2D eigenvalue weighted by atomic mass is 10.2. The van der Waals surface area contributed by atoms with Gasteiger partial charge in [-0.3, -0.25) is 0 Å². The second-order valence-electron chi connectivity index (χ2n) is 5.13. The van der Waals surface area contributed by atoms with E-state index in [0.717, 1.165) is 18.4 Å². The second kappa shape index (κ2) is 7.51. The molecule has 0 aromatic heterocycles. The molecule has 1 fully saturated rings. The van der Waals surface area contributed by atoms with Crippen LogP contribution in [-0.4, -0.2) is 46.5 Å².